The van der Waals surface area contributed by atoms with E-state index in [1.165, 1.54) is 34.4 Å². The normalized spacial score (nSPS) is 19.0. The van der Waals surface area contributed by atoms with Crippen LogP contribution in [0.4, 0.5) is 8.78 Å². The van der Waals surface area contributed by atoms with Crippen LogP contribution in [0.15, 0.2) is 112 Å². The van der Waals surface area contributed by atoms with Gasteiger partial charge in [-0.05, 0) is 78.3 Å². The van der Waals surface area contributed by atoms with Crippen LogP contribution in [0.5, 0.6) is 0 Å². The summed E-state index contributed by atoms with van der Waals surface area (Å²) in [6.07, 6.45) is 8.04. The third kappa shape index (κ3) is 7.51. The van der Waals surface area contributed by atoms with Crippen LogP contribution in [0.2, 0.25) is 0 Å². The zero-order valence-electron chi connectivity index (χ0n) is 25.4. The van der Waals surface area contributed by atoms with Gasteiger partial charge in [0.25, 0.3) is 11.8 Å². The maximum atomic E-state index is 13.7. The molecule has 0 bridgehead atoms. The van der Waals surface area contributed by atoms with E-state index in [1.807, 2.05) is 0 Å². The Labute approximate surface area is 277 Å². The Morgan fingerprint density at radius 2 is 1.62 bits per heavy atom. The number of hydrogen-bond acceptors (Lipinski definition) is 4. The van der Waals surface area contributed by atoms with Gasteiger partial charge in [0.15, 0.2) is 11.6 Å². The molecular weight excluding hydrogens is 681 g/mol. The molecule has 6 rings (SSSR count). The highest BCUT2D eigenvalue weighted by molar-refractivity contribution is 14.1. The van der Waals surface area contributed by atoms with Crippen molar-refractivity contribution in [2.75, 3.05) is 4.43 Å². The van der Waals surface area contributed by atoms with Gasteiger partial charge >= 0.3 is 0 Å². The number of allylic oxidation sites excluding steroid dienone is 4. The summed E-state index contributed by atoms with van der Waals surface area (Å²) in [5.74, 6) is -0.792. The van der Waals surface area contributed by atoms with Crippen molar-refractivity contribution in [2.45, 2.75) is 63.7 Å². The van der Waals surface area contributed by atoms with E-state index in [0.717, 1.165) is 49.0 Å². The Morgan fingerprint density at radius 1 is 0.956 bits per heavy atom. The number of hydrogen-bond donors (Lipinski definition) is 0. The summed E-state index contributed by atoms with van der Waals surface area (Å²) in [7, 11) is 0. The van der Waals surface area contributed by atoms with Crippen LogP contribution in [-0.4, -0.2) is 20.4 Å². The molecule has 0 N–H and O–H groups in total. The molecule has 1 heterocycles. The first-order valence-electron chi connectivity index (χ1n) is 15.7. The van der Waals surface area contributed by atoms with Gasteiger partial charge in [0, 0.05) is 41.2 Å². The third-order valence-corrected chi connectivity index (χ3v) is 10.2. The van der Waals surface area contributed by atoms with E-state index in [2.05, 4.69) is 99.5 Å². The Hall–Kier alpha value is -3.46. The minimum Gasteiger partial charge on any atom is -0.334 e. The third-order valence-electron chi connectivity index (χ3n) is 9.31. The summed E-state index contributed by atoms with van der Waals surface area (Å²) in [6, 6.07) is 27.3. The molecule has 0 amide bonds. The zero-order chi connectivity index (χ0) is 31.4. The standard InChI is InChI=1S/C38H37F2IN2O2/c1-38(39,40)32-16-14-28(15-17-32)37-42-36(43-45-37)19-13-25-12-18-33-30(20-25)21-31(24-41)29(23-35(33)44)22-34(26-8-4-2-5-9-26)27-10-6-3-7-11-27/h2-11,14-17,21,25,29,34H,12-13,18-20,22-24H2,1H3. The van der Waals surface area contributed by atoms with E-state index in [4.69, 9.17) is 4.52 Å². The molecular formula is C38H37F2IN2O2. The Bertz CT molecular complexity index is 1630. The number of halogens is 3. The molecule has 2 unspecified atom stereocenters. The number of Topliss-reactive ketones (excluding diaryl/α,β-unsaturated/α-hetero) is 1. The molecule has 0 spiro atoms. The lowest BCUT2D eigenvalue weighted by Crippen LogP contribution is -2.18. The molecule has 0 aliphatic heterocycles. The molecule has 0 radical (unpaired) electrons. The van der Waals surface area contributed by atoms with Gasteiger partial charge in [0.2, 0.25) is 0 Å². The predicted molar refractivity (Wildman–Crippen MR) is 181 cm³/mol. The molecule has 2 aliphatic carbocycles. The average Bonchev–Trinajstić information content (AvgIpc) is 3.49. The molecule has 0 fully saturated rings. The lowest BCUT2D eigenvalue weighted by molar-refractivity contribution is -0.116. The number of aromatic nitrogens is 2. The lowest BCUT2D eigenvalue weighted by atomic mass is 9.79. The Balaban J connectivity index is 1.14. The summed E-state index contributed by atoms with van der Waals surface area (Å²) >= 11 is 2.46. The van der Waals surface area contributed by atoms with Crippen LogP contribution in [0.3, 0.4) is 0 Å². The molecule has 7 heteroatoms. The maximum Gasteiger partial charge on any atom is 0.270 e. The summed E-state index contributed by atoms with van der Waals surface area (Å²) in [5.41, 5.74) is 6.75. The predicted octanol–water partition coefficient (Wildman–Crippen LogP) is 10.1. The molecule has 2 atom stereocenters. The highest BCUT2D eigenvalue weighted by atomic mass is 127. The van der Waals surface area contributed by atoms with Crippen molar-refractivity contribution >= 4 is 28.4 Å². The first-order chi connectivity index (χ1) is 21.8. The lowest BCUT2D eigenvalue weighted by Gasteiger charge is -2.25. The molecule has 2 aliphatic rings. The van der Waals surface area contributed by atoms with Crippen molar-refractivity contribution in [2.24, 2.45) is 11.8 Å². The van der Waals surface area contributed by atoms with Crippen LogP contribution < -0.4 is 0 Å². The average molecular weight is 719 g/mol. The van der Waals surface area contributed by atoms with Crippen LogP contribution >= 0.6 is 22.6 Å². The molecule has 0 saturated heterocycles. The highest BCUT2D eigenvalue weighted by Gasteiger charge is 2.32. The number of aryl methyl sites for hydroxylation is 1. The second-order valence-electron chi connectivity index (χ2n) is 12.4. The summed E-state index contributed by atoms with van der Waals surface area (Å²) in [4.78, 5) is 18.2. The smallest absolute Gasteiger partial charge is 0.270 e. The Kier molecular flexibility index (Phi) is 9.73. The fourth-order valence-electron chi connectivity index (χ4n) is 6.79. The van der Waals surface area contributed by atoms with E-state index < -0.39 is 5.92 Å². The minimum absolute atomic E-state index is 0.0488. The van der Waals surface area contributed by atoms with Gasteiger partial charge in [-0.1, -0.05) is 112 Å². The molecule has 45 heavy (non-hydrogen) atoms. The van der Waals surface area contributed by atoms with Gasteiger partial charge in [0.05, 0.1) is 0 Å². The SMILES string of the molecule is CC(F)(F)c1ccc(-c2nc(CCC3CCC4=C(C=C(CI)C(CC(c5ccccc5)c5ccccc5)CC4=O)C3)no2)cc1. The number of nitrogens with zero attached hydrogens (tertiary/aromatic N) is 2. The summed E-state index contributed by atoms with van der Waals surface area (Å²) < 4.78 is 33.5. The first kappa shape index (κ1) is 31.5. The molecule has 4 nitrogen and oxygen atoms in total. The summed E-state index contributed by atoms with van der Waals surface area (Å²) in [6.45, 7) is 0.881. The van der Waals surface area contributed by atoms with Crippen molar-refractivity contribution in [3.8, 4) is 11.5 Å². The summed E-state index contributed by atoms with van der Waals surface area (Å²) in [5, 5.41) is 4.16. The second-order valence-corrected chi connectivity index (χ2v) is 13.2. The van der Waals surface area contributed by atoms with Crippen molar-refractivity contribution in [3.05, 3.63) is 130 Å². The van der Waals surface area contributed by atoms with Crippen molar-refractivity contribution < 1.29 is 18.1 Å². The topological polar surface area (TPSA) is 56.0 Å². The van der Waals surface area contributed by atoms with Gasteiger partial charge in [-0.15, -0.1) is 0 Å². The van der Waals surface area contributed by atoms with Crippen LogP contribution in [0.25, 0.3) is 11.5 Å². The molecule has 0 saturated carbocycles. The van der Waals surface area contributed by atoms with E-state index in [1.54, 1.807) is 12.1 Å². The first-order valence-corrected chi connectivity index (χ1v) is 17.2. The van der Waals surface area contributed by atoms with E-state index in [-0.39, 0.29) is 17.4 Å². The van der Waals surface area contributed by atoms with Crippen molar-refractivity contribution in [1.82, 2.24) is 10.1 Å². The van der Waals surface area contributed by atoms with Gasteiger partial charge in [-0.25, -0.2) is 8.78 Å². The fourth-order valence-corrected chi connectivity index (χ4v) is 7.63. The molecule has 4 aromatic rings. The number of carbonyl (C=O) groups is 1. The van der Waals surface area contributed by atoms with Crippen molar-refractivity contribution in [1.29, 1.82) is 0 Å². The van der Waals surface area contributed by atoms with Gasteiger partial charge in [-0.3, -0.25) is 4.79 Å². The minimum atomic E-state index is -2.89. The molecule has 1 aromatic heterocycles. The van der Waals surface area contributed by atoms with Crippen LogP contribution in [0, 0.1) is 11.8 Å². The maximum absolute atomic E-state index is 13.7. The van der Waals surface area contributed by atoms with Crippen LogP contribution in [0.1, 0.15) is 73.9 Å². The highest BCUT2D eigenvalue weighted by Crippen LogP contribution is 2.42. The number of carbonyl (C=O) groups excluding carboxylic acids is 1. The van der Waals surface area contributed by atoms with E-state index >= 15 is 0 Å². The monoisotopic (exact) mass is 718 g/mol. The van der Waals surface area contributed by atoms with Gasteiger partial charge in [0.1, 0.15) is 0 Å². The van der Waals surface area contributed by atoms with E-state index in [9.17, 15) is 13.6 Å². The second kappa shape index (κ2) is 13.9. The largest absolute Gasteiger partial charge is 0.334 e. The zero-order valence-corrected chi connectivity index (χ0v) is 27.6. The molecule has 232 valence electrons. The number of ketones is 1. The van der Waals surface area contributed by atoms with E-state index in [0.29, 0.717) is 41.8 Å². The quantitative estimate of drug-likeness (QED) is 0.121. The number of benzene rings is 3. The molecule has 3 aromatic carbocycles. The Morgan fingerprint density at radius 3 is 2.24 bits per heavy atom. The van der Waals surface area contributed by atoms with Gasteiger partial charge in [-0.2, -0.15) is 4.98 Å². The number of rotatable bonds is 10. The van der Waals surface area contributed by atoms with Gasteiger partial charge < -0.3 is 4.52 Å². The van der Waals surface area contributed by atoms with Crippen molar-refractivity contribution in [3.63, 3.8) is 0 Å². The number of alkyl halides is 3. The van der Waals surface area contributed by atoms with Crippen LogP contribution in [-0.2, 0) is 17.1 Å². The fraction of sp³-hybridized carbons (Fsp3) is 0.342.